The molecule has 1 nitrogen and oxygen atoms in total. The topological polar surface area (TPSA) is 26.0 Å². The van der Waals surface area contributed by atoms with Gasteiger partial charge in [-0.15, -0.1) is 0 Å². The summed E-state index contributed by atoms with van der Waals surface area (Å²) in [5, 5.41) is 0. The Bertz CT molecular complexity index is 518. The highest BCUT2D eigenvalue weighted by Gasteiger charge is 2.42. The van der Waals surface area contributed by atoms with Crippen LogP contribution < -0.4 is 5.73 Å². The third kappa shape index (κ3) is 3.48. The third-order valence-corrected chi connectivity index (χ3v) is 5.50. The first-order chi connectivity index (χ1) is 9.74. The molecule has 1 aliphatic carbocycles. The predicted molar refractivity (Wildman–Crippen MR) is 86.0 cm³/mol. The van der Waals surface area contributed by atoms with Crippen molar-refractivity contribution in [2.24, 2.45) is 23.5 Å². The number of benzene rings is 1. The van der Waals surface area contributed by atoms with E-state index in [0.29, 0.717) is 22.2 Å². The summed E-state index contributed by atoms with van der Waals surface area (Å²) in [6.07, 6.45) is 3.26. The Labute approximate surface area is 134 Å². The largest absolute Gasteiger partial charge is 0.325 e. The van der Waals surface area contributed by atoms with Crippen molar-refractivity contribution >= 4 is 15.9 Å². The fourth-order valence-corrected chi connectivity index (χ4v) is 4.29. The van der Waals surface area contributed by atoms with Gasteiger partial charge in [0.1, 0.15) is 11.6 Å². The molecule has 1 aromatic rings. The monoisotopic (exact) mass is 359 g/mol. The van der Waals surface area contributed by atoms with Crippen LogP contribution in [0.1, 0.15) is 45.6 Å². The maximum Gasteiger partial charge on any atom is 0.143 e. The van der Waals surface area contributed by atoms with Gasteiger partial charge in [-0.05, 0) is 65.1 Å². The van der Waals surface area contributed by atoms with Crippen molar-refractivity contribution in [1.29, 1.82) is 0 Å². The van der Waals surface area contributed by atoms with Crippen molar-refractivity contribution in [1.82, 2.24) is 0 Å². The van der Waals surface area contributed by atoms with Crippen molar-refractivity contribution in [2.45, 2.75) is 52.0 Å². The molecule has 0 bridgehead atoms. The highest BCUT2D eigenvalue weighted by molar-refractivity contribution is 9.10. The fourth-order valence-electron chi connectivity index (χ4n) is 3.91. The van der Waals surface area contributed by atoms with E-state index in [1.807, 2.05) is 0 Å². The summed E-state index contributed by atoms with van der Waals surface area (Å²) in [4.78, 5) is 0. The Morgan fingerprint density at radius 3 is 2.62 bits per heavy atom. The molecule has 3 atom stereocenters. The van der Waals surface area contributed by atoms with Crippen molar-refractivity contribution in [3.05, 3.63) is 33.8 Å². The standard InChI is InChI=1S/C17H24BrF2N/c1-10(2)13-5-4-11(3)8-17(13,21)9-12-15(19)7-6-14(18)16(12)20/h6-7,10-11,13H,4-5,8-9,21H2,1-3H3. The molecule has 1 aliphatic rings. The molecule has 0 radical (unpaired) electrons. The third-order valence-electron chi connectivity index (χ3n) is 4.89. The van der Waals surface area contributed by atoms with Crippen LogP contribution in [0.5, 0.6) is 0 Å². The number of halogens is 3. The highest BCUT2D eigenvalue weighted by Crippen LogP contribution is 2.42. The molecule has 2 rings (SSSR count). The summed E-state index contributed by atoms with van der Waals surface area (Å²) in [5.74, 6) is 0.206. The first-order valence-corrected chi connectivity index (χ1v) is 8.45. The van der Waals surface area contributed by atoms with Crippen LogP contribution in [0.3, 0.4) is 0 Å². The van der Waals surface area contributed by atoms with Crippen LogP contribution in [-0.4, -0.2) is 5.54 Å². The smallest absolute Gasteiger partial charge is 0.143 e. The van der Waals surface area contributed by atoms with E-state index < -0.39 is 17.2 Å². The Hall–Kier alpha value is -0.480. The van der Waals surface area contributed by atoms with E-state index in [4.69, 9.17) is 5.73 Å². The number of hydrogen-bond donors (Lipinski definition) is 1. The van der Waals surface area contributed by atoms with Crippen LogP contribution in [0.4, 0.5) is 8.78 Å². The summed E-state index contributed by atoms with van der Waals surface area (Å²) < 4.78 is 28.6. The van der Waals surface area contributed by atoms with Crippen molar-refractivity contribution in [2.75, 3.05) is 0 Å². The number of hydrogen-bond acceptors (Lipinski definition) is 1. The summed E-state index contributed by atoms with van der Waals surface area (Å²) in [6, 6.07) is 2.71. The molecule has 0 spiro atoms. The molecule has 0 saturated heterocycles. The Balaban J connectivity index is 2.36. The number of rotatable bonds is 3. The minimum atomic E-state index is -0.533. The van der Waals surface area contributed by atoms with E-state index in [1.165, 1.54) is 12.1 Å². The van der Waals surface area contributed by atoms with Gasteiger partial charge in [0.2, 0.25) is 0 Å². The Kier molecular flexibility index (Phi) is 5.09. The van der Waals surface area contributed by atoms with Crippen molar-refractivity contribution in [3.63, 3.8) is 0 Å². The van der Waals surface area contributed by atoms with Gasteiger partial charge in [-0.3, -0.25) is 0 Å². The first-order valence-electron chi connectivity index (χ1n) is 7.66. The van der Waals surface area contributed by atoms with Gasteiger partial charge in [0, 0.05) is 11.1 Å². The zero-order chi connectivity index (χ0) is 15.8. The van der Waals surface area contributed by atoms with Gasteiger partial charge in [-0.2, -0.15) is 0 Å². The molecule has 1 aromatic carbocycles. The molecule has 4 heteroatoms. The maximum absolute atomic E-state index is 14.3. The molecular formula is C17H24BrF2N. The van der Waals surface area contributed by atoms with Crippen LogP contribution in [0.15, 0.2) is 16.6 Å². The zero-order valence-electron chi connectivity index (χ0n) is 12.9. The van der Waals surface area contributed by atoms with Gasteiger partial charge in [-0.1, -0.05) is 27.2 Å². The second-order valence-corrected chi connectivity index (χ2v) is 7.82. The van der Waals surface area contributed by atoms with Gasteiger partial charge in [0.25, 0.3) is 0 Å². The average molecular weight is 360 g/mol. The molecular weight excluding hydrogens is 336 g/mol. The molecule has 118 valence electrons. The van der Waals surface area contributed by atoms with Gasteiger partial charge >= 0.3 is 0 Å². The minimum Gasteiger partial charge on any atom is -0.325 e. The fraction of sp³-hybridized carbons (Fsp3) is 0.647. The van der Waals surface area contributed by atoms with Crippen molar-refractivity contribution < 1.29 is 8.78 Å². The quantitative estimate of drug-likeness (QED) is 0.750. The molecule has 2 N–H and O–H groups in total. The van der Waals surface area contributed by atoms with Crippen LogP contribution in [-0.2, 0) is 6.42 Å². The molecule has 0 amide bonds. The van der Waals surface area contributed by atoms with Gasteiger partial charge < -0.3 is 5.73 Å². The van der Waals surface area contributed by atoms with Crippen LogP contribution in [0.2, 0.25) is 0 Å². The summed E-state index contributed by atoms with van der Waals surface area (Å²) in [6.45, 7) is 6.47. The lowest BCUT2D eigenvalue weighted by Crippen LogP contribution is -2.54. The van der Waals surface area contributed by atoms with Crippen LogP contribution in [0, 0.1) is 29.4 Å². The summed E-state index contributed by atoms with van der Waals surface area (Å²) in [5.41, 5.74) is 6.25. The highest BCUT2D eigenvalue weighted by atomic mass is 79.9. The second-order valence-electron chi connectivity index (χ2n) is 6.97. The van der Waals surface area contributed by atoms with E-state index in [1.54, 1.807) is 0 Å². The predicted octanol–water partition coefficient (Wildman–Crippen LogP) is 5.06. The minimum absolute atomic E-state index is 0.117. The molecule has 0 heterocycles. The maximum atomic E-state index is 14.3. The zero-order valence-corrected chi connectivity index (χ0v) is 14.5. The summed E-state index contributed by atoms with van der Waals surface area (Å²) >= 11 is 3.14. The normalized spacial score (nSPS) is 29.9. The van der Waals surface area contributed by atoms with Gasteiger partial charge in [0.05, 0.1) is 4.47 Å². The molecule has 1 saturated carbocycles. The van der Waals surface area contributed by atoms with Gasteiger partial charge in [0.15, 0.2) is 0 Å². The van der Waals surface area contributed by atoms with Crippen LogP contribution in [0.25, 0.3) is 0 Å². The van der Waals surface area contributed by atoms with E-state index in [9.17, 15) is 8.78 Å². The lowest BCUT2D eigenvalue weighted by atomic mass is 9.63. The average Bonchev–Trinajstić information content (AvgIpc) is 2.38. The SMILES string of the molecule is CC1CCC(C(C)C)C(N)(Cc2c(F)ccc(Br)c2F)C1. The van der Waals surface area contributed by atoms with Crippen molar-refractivity contribution in [3.8, 4) is 0 Å². The molecule has 0 aliphatic heterocycles. The van der Waals surface area contributed by atoms with E-state index >= 15 is 0 Å². The molecule has 3 unspecified atom stereocenters. The second kappa shape index (κ2) is 6.33. The lowest BCUT2D eigenvalue weighted by Gasteiger charge is -2.46. The lowest BCUT2D eigenvalue weighted by molar-refractivity contribution is 0.107. The summed E-state index contributed by atoms with van der Waals surface area (Å²) in [7, 11) is 0. The molecule has 21 heavy (non-hydrogen) atoms. The van der Waals surface area contributed by atoms with E-state index in [0.717, 1.165) is 19.3 Å². The molecule has 0 aromatic heterocycles. The van der Waals surface area contributed by atoms with E-state index in [2.05, 4.69) is 36.7 Å². The first kappa shape index (κ1) is 16.9. The van der Waals surface area contributed by atoms with E-state index in [-0.39, 0.29) is 12.0 Å². The van der Waals surface area contributed by atoms with Gasteiger partial charge in [-0.25, -0.2) is 8.78 Å². The number of nitrogens with two attached hydrogens (primary N) is 1. The molecule has 1 fully saturated rings. The Morgan fingerprint density at radius 2 is 2.00 bits per heavy atom. The van der Waals surface area contributed by atoms with Crippen LogP contribution >= 0.6 is 15.9 Å². The Morgan fingerprint density at radius 1 is 1.33 bits per heavy atom.